The number of Topliss-reactive ketones (excluding diaryl/α,β-unsaturated/α-hetero) is 1. The molecule has 12 amide bonds. The largest absolute Gasteiger partial charge is 0.445 e. The second-order valence-corrected chi connectivity index (χ2v) is 29.9. The van der Waals surface area contributed by atoms with E-state index >= 15 is 0 Å². The summed E-state index contributed by atoms with van der Waals surface area (Å²) in [4.78, 5) is 176. The van der Waals surface area contributed by atoms with Crippen LogP contribution in [0.25, 0.3) is 0 Å². The van der Waals surface area contributed by atoms with Gasteiger partial charge in [0.25, 0.3) is 0 Å². The van der Waals surface area contributed by atoms with Gasteiger partial charge in [0.1, 0.15) is 23.7 Å². The lowest BCUT2D eigenvalue weighted by Gasteiger charge is -2.41. The normalized spacial score (nSPS) is 16.6. The van der Waals surface area contributed by atoms with E-state index in [1.807, 2.05) is 56.5 Å². The summed E-state index contributed by atoms with van der Waals surface area (Å²) in [5.41, 5.74) is 7.21. The molecule has 3 aromatic rings. The Morgan fingerprint density at radius 2 is 1.38 bits per heavy atom. The van der Waals surface area contributed by atoms with Gasteiger partial charge in [0.2, 0.25) is 53.2 Å². The van der Waals surface area contributed by atoms with Gasteiger partial charge in [-0.1, -0.05) is 124 Å². The van der Waals surface area contributed by atoms with Crippen LogP contribution in [0.15, 0.2) is 91.5 Å². The first-order valence-electron chi connectivity index (χ1n) is 35.9. The maximum absolute atomic E-state index is 14.9. The summed E-state index contributed by atoms with van der Waals surface area (Å²) in [6.07, 6.45) is 4.20. The maximum Gasteiger partial charge on any atom is 0.410 e. The molecule has 0 spiro atoms. The number of urea groups is 1. The van der Waals surface area contributed by atoms with Crippen molar-refractivity contribution in [2.24, 2.45) is 41.2 Å². The number of nitrogens with two attached hydrogens (primary N) is 1. The van der Waals surface area contributed by atoms with E-state index in [-0.39, 0.29) is 112 Å². The lowest BCUT2D eigenvalue weighted by atomic mass is 9.89. The number of carbonyl (C=O) groups is 12. The third-order valence-corrected chi connectivity index (χ3v) is 21.1. The molecule has 2 aliphatic heterocycles. The molecule has 28 nitrogen and oxygen atoms in total. The summed E-state index contributed by atoms with van der Waals surface area (Å²) in [6, 6.07) is 11.0. The molecule has 2 aliphatic rings. The predicted octanol–water partition coefficient (Wildman–Crippen LogP) is 6.87. The summed E-state index contributed by atoms with van der Waals surface area (Å²) < 4.78 is 18.0. The SMILES string of the molecule is C=CC(=O)N1CN(C(=O)C=C)CN(C(=O)CCSCC(=O)N[C@H](C(=O)C[C@@H](CCCNC(N)=O)C(=O)Nc2ccc(COC(=O)N(C)[C@H](C(=O)N[C@H](C(=O)N(C)[C@@H]([C@@H](C)CC)[C@@H](CC(=O)N3CCC[C@H]3[C@H](OC)[C@@H](C)C(=O)N[C@@H](Cc3ccccc3)c3nccs3)OC)C(C)C)C(C)C)cc2)C(C)C)C1. The van der Waals surface area contributed by atoms with E-state index in [9.17, 15) is 57.5 Å². The van der Waals surface area contributed by atoms with Gasteiger partial charge in [-0.2, -0.15) is 11.8 Å². The van der Waals surface area contributed by atoms with Gasteiger partial charge in [-0.25, -0.2) is 14.6 Å². The molecule has 578 valence electrons. The molecule has 0 saturated carbocycles. The number of carbonyl (C=O) groups excluding carboxylic acids is 12. The molecule has 7 N–H and O–H groups in total. The number of amides is 12. The predicted molar refractivity (Wildman–Crippen MR) is 402 cm³/mol. The zero-order chi connectivity index (χ0) is 77.8. The zero-order valence-electron chi connectivity index (χ0n) is 63.2. The fourth-order valence-corrected chi connectivity index (χ4v) is 14.7. The van der Waals surface area contributed by atoms with Crippen LogP contribution in [-0.4, -0.2) is 221 Å². The molecule has 0 aliphatic carbocycles. The highest BCUT2D eigenvalue weighted by atomic mass is 32.2. The van der Waals surface area contributed by atoms with Crippen LogP contribution in [0.2, 0.25) is 0 Å². The van der Waals surface area contributed by atoms with Gasteiger partial charge in [0, 0.05) is 83.2 Å². The quantitative estimate of drug-likeness (QED) is 0.0249. The summed E-state index contributed by atoms with van der Waals surface area (Å²) >= 11 is 2.62. The van der Waals surface area contributed by atoms with Gasteiger partial charge >= 0.3 is 12.1 Å². The number of rotatable bonds is 41. The second-order valence-electron chi connectivity index (χ2n) is 27.9. The molecule has 2 saturated heterocycles. The first-order valence-corrected chi connectivity index (χ1v) is 37.9. The number of thiazole rings is 1. The number of hydrogen-bond acceptors (Lipinski definition) is 18. The van der Waals surface area contributed by atoms with E-state index in [0.717, 1.165) is 34.5 Å². The molecule has 1 aromatic heterocycles. The van der Waals surface area contributed by atoms with E-state index in [1.165, 1.54) is 45.1 Å². The topological polar surface area (TPSA) is 351 Å². The fraction of sp³-hybridized carbons (Fsp3) is 0.587. The molecule has 5 rings (SSSR count). The summed E-state index contributed by atoms with van der Waals surface area (Å²) in [5, 5.41) is 17.0. The number of aromatic nitrogens is 1. The number of primary amides is 1. The molecular weight excluding hydrogens is 1390 g/mol. The molecule has 0 unspecified atom stereocenters. The number of ether oxygens (including phenoxy) is 3. The van der Waals surface area contributed by atoms with Crippen LogP contribution >= 0.6 is 23.1 Å². The van der Waals surface area contributed by atoms with Crippen molar-refractivity contribution in [2.45, 2.75) is 175 Å². The van der Waals surface area contributed by atoms with Crippen LogP contribution in [-0.2, 0) is 75.2 Å². The van der Waals surface area contributed by atoms with Crippen LogP contribution in [0.5, 0.6) is 0 Å². The van der Waals surface area contributed by atoms with Crippen molar-refractivity contribution in [2.75, 3.05) is 78.2 Å². The third-order valence-electron chi connectivity index (χ3n) is 19.2. The molecule has 0 radical (unpaired) electrons. The average molecular weight is 1500 g/mol. The Morgan fingerprint density at radius 1 is 0.743 bits per heavy atom. The van der Waals surface area contributed by atoms with Crippen molar-refractivity contribution < 1.29 is 71.7 Å². The standard InChI is InChI=1S/C75H111N13O15S2/c1-16-49(10)67(58(101-14)40-63(94)88-35-23-27-56(88)68(102-15)50(11)69(95)80-55(72-77-34-37-105-72)38-51-24-20-19-21-25-51)83(12)73(98)65(47(6)7)82-71(97)66(48(8)9)84(13)75(100)103-41-52-28-30-54(31-29-52)79-70(96)53(26-22-33-78-74(76)99)39-57(89)64(46(4)5)81-59(90)42-104-36-32-62(93)87-44-85(60(91)17-2)43-86(45-87)61(92)18-3/h17-21,24-25,28-31,34,37,46-50,53,55-56,58,64-68H,2-3,16,22-23,26-27,32-33,35-36,38-45H2,1,4-15H3,(H,79,96)(H,80,95)(H,81,90)(H,82,97)(H3,76,78,99)/t49-,50+,53+,55-,56-,58+,64-,65-,66-,67-,68+/m0/s1. The molecule has 30 heteroatoms. The molecule has 105 heavy (non-hydrogen) atoms. The maximum atomic E-state index is 14.9. The molecular formula is C75H111N13O15S2. The van der Waals surface area contributed by atoms with Crippen LogP contribution in [0, 0.1) is 35.5 Å². The Labute approximate surface area is 626 Å². The van der Waals surface area contributed by atoms with Gasteiger partial charge in [-0.3, -0.25) is 52.8 Å². The number of nitrogens with one attached hydrogen (secondary N) is 5. The molecule has 2 aromatic carbocycles. The number of likely N-dealkylation sites (tertiary alicyclic amines) is 1. The first-order chi connectivity index (χ1) is 49.9. The van der Waals surface area contributed by atoms with Crippen LogP contribution in [0.3, 0.4) is 0 Å². The Hall–Kier alpha value is -8.74. The minimum atomic E-state index is -1.09. The number of thioether (sulfide) groups is 1. The van der Waals surface area contributed by atoms with E-state index in [2.05, 4.69) is 44.7 Å². The second kappa shape index (κ2) is 43.0. The fourth-order valence-electron chi connectivity index (χ4n) is 13.3. The van der Waals surface area contributed by atoms with Gasteiger partial charge in [-0.05, 0) is 91.2 Å². The molecule has 2 fully saturated rings. The van der Waals surface area contributed by atoms with Crippen LogP contribution in [0.4, 0.5) is 15.3 Å². The van der Waals surface area contributed by atoms with E-state index < -0.39 is 119 Å². The van der Waals surface area contributed by atoms with Crippen molar-refractivity contribution in [1.82, 2.24) is 55.7 Å². The number of hydrogen-bond donors (Lipinski definition) is 6. The summed E-state index contributed by atoms with van der Waals surface area (Å²) in [7, 11) is 6.15. The van der Waals surface area contributed by atoms with Crippen LogP contribution in [0.1, 0.15) is 136 Å². The number of benzene rings is 2. The van der Waals surface area contributed by atoms with E-state index in [0.29, 0.717) is 43.5 Å². The summed E-state index contributed by atoms with van der Waals surface area (Å²) in [5.74, 6) is -6.99. The highest BCUT2D eigenvalue weighted by molar-refractivity contribution is 7.99. The number of methoxy groups -OCH3 is 2. The molecule has 0 bridgehead atoms. The lowest BCUT2D eigenvalue weighted by molar-refractivity contribution is -0.154. The zero-order valence-corrected chi connectivity index (χ0v) is 64.8. The van der Waals surface area contributed by atoms with Gasteiger partial charge < -0.3 is 71.0 Å². The minimum absolute atomic E-state index is 0.0114. The van der Waals surface area contributed by atoms with E-state index in [4.69, 9.17) is 19.9 Å². The van der Waals surface area contributed by atoms with Gasteiger partial charge in [0.05, 0.1) is 74.5 Å². The monoisotopic (exact) mass is 1500 g/mol. The smallest absolute Gasteiger partial charge is 0.410 e. The average Bonchev–Trinajstić information content (AvgIpc) is 1.80. The van der Waals surface area contributed by atoms with Crippen molar-refractivity contribution in [1.29, 1.82) is 0 Å². The number of nitrogens with zero attached hydrogens (tertiary/aromatic N) is 7. The van der Waals surface area contributed by atoms with Crippen molar-refractivity contribution >= 4 is 99.9 Å². The Morgan fingerprint density at radius 3 is 1.94 bits per heavy atom. The van der Waals surface area contributed by atoms with E-state index in [1.54, 1.807) is 96.0 Å². The number of anilines is 1. The lowest BCUT2D eigenvalue weighted by Crippen LogP contribution is -2.60. The van der Waals surface area contributed by atoms with Crippen LogP contribution < -0.4 is 32.3 Å². The Bertz CT molecular complexity index is 3390. The molecule has 3 heterocycles. The Balaban J connectivity index is 1.17. The third kappa shape index (κ3) is 25.8. The number of ketones is 1. The van der Waals surface area contributed by atoms with Crippen molar-refractivity contribution in [3.8, 4) is 0 Å². The van der Waals surface area contributed by atoms with Gasteiger partial charge in [-0.15, -0.1) is 11.3 Å². The number of likely N-dealkylation sites (N-methyl/N-ethyl adjacent to an activating group) is 2. The molecule has 11 atom stereocenters. The first kappa shape index (κ1) is 86.9. The van der Waals surface area contributed by atoms with Crippen molar-refractivity contribution in [3.05, 3.63) is 108 Å². The summed E-state index contributed by atoms with van der Waals surface area (Å²) in [6.45, 7) is 23.6. The van der Waals surface area contributed by atoms with Crippen molar-refractivity contribution in [3.63, 3.8) is 0 Å². The van der Waals surface area contributed by atoms with Gasteiger partial charge in [0.15, 0.2) is 5.78 Å². The Kier molecular flexibility index (Phi) is 35.6. The highest BCUT2D eigenvalue weighted by Crippen LogP contribution is 2.32. The highest BCUT2D eigenvalue weighted by Gasteiger charge is 2.44. The minimum Gasteiger partial charge on any atom is -0.445 e.